The number of fused-ring (bicyclic) bond motifs is 1. The highest BCUT2D eigenvalue weighted by Crippen LogP contribution is 2.40. The minimum atomic E-state index is -0.593. The Labute approximate surface area is 186 Å². The van der Waals surface area contributed by atoms with Crippen LogP contribution in [0.3, 0.4) is 0 Å². The molecule has 1 atom stereocenters. The predicted molar refractivity (Wildman–Crippen MR) is 121 cm³/mol. The Balaban J connectivity index is 1.75. The van der Waals surface area contributed by atoms with E-state index in [0.29, 0.717) is 32.6 Å². The van der Waals surface area contributed by atoms with Crippen molar-refractivity contribution in [3.8, 4) is 0 Å². The minimum absolute atomic E-state index is 0.0303. The number of carbonyl (C=O) groups is 2. The van der Waals surface area contributed by atoms with Crippen molar-refractivity contribution in [3.05, 3.63) is 38.2 Å². The number of carbonyl (C=O) groups excluding carboxylic acids is 2. The molecule has 0 radical (unpaired) electrons. The minimum Gasteiger partial charge on any atom is -0.356 e. The number of likely N-dealkylation sites (tertiary alicyclic amines) is 1. The van der Waals surface area contributed by atoms with E-state index in [9.17, 15) is 19.2 Å². The maximum absolute atomic E-state index is 13.6. The Morgan fingerprint density at radius 1 is 1.19 bits per heavy atom. The molecule has 2 aromatic heterocycles. The van der Waals surface area contributed by atoms with Crippen LogP contribution in [0.5, 0.6) is 0 Å². The van der Waals surface area contributed by atoms with E-state index in [0.717, 1.165) is 37.8 Å². The zero-order valence-electron chi connectivity index (χ0n) is 18.8. The van der Waals surface area contributed by atoms with Gasteiger partial charge in [0, 0.05) is 37.8 Å². The van der Waals surface area contributed by atoms with E-state index in [1.54, 1.807) is 11.0 Å². The number of hydrogen-bond acceptors (Lipinski definition) is 5. The Morgan fingerprint density at radius 2 is 1.97 bits per heavy atom. The number of H-pyrrole nitrogens is 1. The lowest BCUT2D eigenvalue weighted by Crippen LogP contribution is -2.46. The van der Waals surface area contributed by atoms with Gasteiger partial charge in [0.05, 0.1) is 16.9 Å². The molecule has 0 aromatic carbocycles. The highest BCUT2D eigenvalue weighted by molar-refractivity contribution is 6.05. The molecule has 2 fully saturated rings. The normalized spacial score (nSPS) is 18.7. The van der Waals surface area contributed by atoms with Crippen LogP contribution < -0.4 is 16.6 Å². The number of aryl methyl sites for hydroxylation is 1. The van der Waals surface area contributed by atoms with E-state index < -0.39 is 11.2 Å². The number of piperidine rings is 1. The Hall–Kier alpha value is -2.97. The van der Waals surface area contributed by atoms with Crippen LogP contribution in [0.1, 0.15) is 74.3 Å². The number of hydrogen-bond donors (Lipinski definition) is 2. The molecular formula is C23H31N5O4. The van der Waals surface area contributed by atoms with Gasteiger partial charge >= 0.3 is 5.69 Å². The number of nitrogens with one attached hydrogen (secondary N) is 2. The van der Waals surface area contributed by atoms with Gasteiger partial charge in [-0.05, 0) is 44.6 Å². The SMILES string of the molecule is CCCNC(=O)C1CCCN(C(=O)c2cc(C3CC3)nc3c2c(=O)[nH]c(=O)n3CCC)C1. The molecule has 2 aromatic rings. The lowest BCUT2D eigenvalue weighted by Gasteiger charge is -2.32. The summed E-state index contributed by atoms with van der Waals surface area (Å²) in [6, 6.07) is 1.72. The summed E-state index contributed by atoms with van der Waals surface area (Å²) < 4.78 is 1.45. The molecule has 3 heterocycles. The molecule has 9 nitrogen and oxygen atoms in total. The molecular weight excluding hydrogens is 410 g/mol. The molecule has 32 heavy (non-hydrogen) atoms. The largest absolute Gasteiger partial charge is 0.356 e. The summed E-state index contributed by atoms with van der Waals surface area (Å²) in [4.78, 5) is 60.0. The first kappa shape index (κ1) is 22.2. The van der Waals surface area contributed by atoms with E-state index in [2.05, 4.69) is 15.3 Å². The first-order valence-electron chi connectivity index (χ1n) is 11.7. The van der Waals surface area contributed by atoms with Gasteiger partial charge in [0.25, 0.3) is 11.5 Å². The van der Waals surface area contributed by atoms with Crippen LogP contribution in [0.15, 0.2) is 15.7 Å². The van der Waals surface area contributed by atoms with Crippen LogP contribution in [0, 0.1) is 5.92 Å². The maximum Gasteiger partial charge on any atom is 0.329 e. The second-order valence-electron chi connectivity index (χ2n) is 8.86. The Bertz CT molecular complexity index is 1150. The van der Waals surface area contributed by atoms with Gasteiger partial charge < -0.3 is 10.2 Å². The molecule has 2 amide bonds. The average Bonchev–Trinajstić information content (AvgIpc) is 3.64. The molecule has 172 valence electrons. The van der Waals surface area contributed by atoms with E-state index in [1.807, 2.05) is 13.8 Å². The topological polar surface area (TPSA) is 117 Å². The van der Waals surface area contributed by atoms with E-state index >= 15 is 0 Å². The number of nitrogens with zero attached hydrogens (tertiary/aromatic N) is 3. The molecule has 1 aliphatic heterocycles. The van der Waals surface area contributed by atoms with Crippen molar-refractivity contribution in [1.29, 1.82) is 0 Å². The fourth-order valence-corrected chi connectivity index (χ4v) is 4.42. The molecule has 9 heteroatoms. The second kappa shape index (κ2) is 9.26. The van der Waals surface area contributed by atoms with Gasteiger partial charge in [-0.15, -0.1) is 0 Å². The molecule has 1 saturated heterocycles. The van der Waals surface area contributed by atoms with Crippen LogP contribution in [-0.2, 0) is 11.3 Å². The predicted octanol–water partition coefficient (Wildman–Crippen LogP) is 1.75. The van der Waals surface area contributed by atoms with Crippen molar-refractivity contribution in [2.24, 2.45) is 5.92 Å². The molecule has 1 unspecified atom stereocenters. The van der Waals surface area contributed by atoms with Crippen molar-refractivity contribution in [2.75, 3.05) is 19.6 Å². The summed E-state index contributed by atoms with van der Waals surface area (Å²) in [5, 5.41) is 3.08. The zero-order chi connectivity index (χ0) is 22.8. The number of amides is 2. The second-order valence-corrected chi connectivity index (χ2v) is 8.86. The fourth-order valence-electron chi connectivity index (χ4n) is 4.42. The van der Waals surface area contributed by atoms with Gasteiger partial charge in [0.2, 0.25) is 5.91 Å². The van der Waals surface area contributed by atoms with Gasteiger partial charge in [-0.2, -0.15) is 0 Å². The van der Waals surface area contributed by atoms with Crippen LogP contribution in [0.4, 0.5) is 0 Å². The molecule has 0 spiro atoms. The van der Waals surface area contributed by atoms with Crippen molar-refractivity contribution in [3.63, 3.8) is 0 Å². The summed E-state index contributed by atoms with van der Waals surface area (Å²) in [5.74, 6) is -0.312. The summed E-state index contributed by atoms with van der Waals surface area (Å²) >= 11 is 0. The van der Waals surface area contributed by atoms with Gasteiger partial charge in [0.15, 0.2) is 5.65 Å². The molecule has 1 saturated carbocycles. The van der Waals surface area contributed by atoms with E-state index in [1.165, 1.54) is 4.57 Å². The van der Waals surface area contributed by atoms with Gasteiger partial charge in [-0.25, -0.2) is 9.78 Å². The number of aromatic nitrogens is 3. The highest BCUT2D eigenvalue weighted by atomic mass is 16.2. The first-order chi connectivity index (χ1) is 15.4. The van der Waals surface area contributed by atoms with Crippen molar-refractivity contribution >= 4 is 22.8 Å². The van der Waals surface area contributed by atoms with Crippen molar-refractivity contribution in [2.45, 2.75) is 64.8 Å². The quantitative estimate of drug-likeness (QED) is 0.679. The highest BCUT2D eigenvalue weighted by Gasteiger charge is 2.33. The Kier molecular flexibility index (Phi) is 6.43. The van der Waals surface area contributed by atoms with Gasteiger partial charge in [0.1, 0.15) is 0 Å². The maximum atomic E-state index is 13.6. The van der Waals surface area contributed by atoms with Crippen LogP contribution in [0.2, 0.25) is 0 Å². The van der Waals surface area contributed by atoms with E-state index in [-0.39, 0.29) is 40.2 Å². The molecule has 2 aliphatic rings. The van der Waals surface area contributed by atoms with E-state index in [4.69, 9.17) is 0 Å². The molecule has 4 rings (SSSR count). The van der Waals surface area contributed by atoms with Crippen LogP contribution in [0.25, 0.3) is 11.0 Å². The van der Waals surface area contributed by atoms with Crippen LogP contribution in [-0.4, -0.2) is 50.9 Å². The lowest BCUT2D eigenvalue weighted by atomic mass is 9.96. The summed E-state index contributed by atoms with van der Waals surface area (Å²) in [6.07, 6.45) is 4.98. The molecule has 1 aliphatic carbocycles. The van der Waals surface area contributed by atoms with Gasteiger partial charge in [-0.3, -0.25) is 23.9 Å². The molecule has 2 N–H and O–H groups in total. The number of aromatic amines is 1. The number of pyridine rings is 1. The van der Waals surface area contributed by atoms with Gasteiger partial charge in [-0.1, -0.05) is 13.8 Å². The molecule has 0 bridgehead atoms. The van der Waals surface area contributed by atoms with Crippen LogP contribution >= 0.6 is 0 Å². The van der Waals surface area contributed by atoms with Crippen molar-refractivity contribution < 1.29 is 9.59 Å². The monoisotopic (exact) mass is 441 g/mol. The summed E-state index contributed by atoms with van der Waals surface area (Å²) in [6.45, 7) is 5.82. The smallest absolute Gasteiger partial charge is 0.329 e. The first-order valence-corrected chi connectivity index (χ1v) is 11.7. The average molecular weight is 442 g/mol. The number of rotatable bonds is 7. The third-order valence-electron chi connectivity index (χ3n) is 6.27. The third-order valence-corrected chi connectivity index (χ3v) is 6.27. The summed E-state index contributed by atoms with van der Waals surface area (Å²) in [5.41, 5.74) is 0.212. The van der Waals surface area contributed by atoms with Crippen molar-refractivity contribution in [1.82, 2.24) is 24.8 Å². The third kappa shape index (κ3) is 4.33. The lowest BCUT2D eigenvalue weighted by molar-refractivity contribution is -0.126. The zero-order valence-corrected chi connectivity index (χ0v) is 18.8. The Morgan fingerprint density at radius 3 is 2.66 bits per heavy atom. The summed E-state index contributed by atoms with van der Waals surface area (Å²) in [7, 11) is 0. The standard InChI is InChI=1S/C23H31N5O4/c1-3-9-24-20(29)15-6-5-11-27(13-15)22(31)16-12-17(14-7-8-14)25-19-18(16)21(30)26-23(32)28(19)10-4-2/h12,14-15H,3-11,13H2,1-2H3,(H,24,29)(H,26,30,32). The fraction of sp³-hybridized carbons (Fsp3) is 0.609.